The van der Waals surface area contributed by atoms with Gasteiger partial charge in [-0.05, 0) is 116 Å². The molecule has 3 heteroatoms. The van der Waals surface area contributed by atoms with Crippen LogP contribution in [0.3, 0.4) is 0 Å². The van der Waals surface area contributed by atoms with E-state index in [-0.39, 0.29) is 0 Å². The number of benzene rings is 9. The number of anilines is 3. The number of hydrogen-bond acceptors (Lipinski definition) is 3. The quantitative estimate of drug-likeness (QED) is 0.175. The third kappa shape index (κ3) is 4.74. The zero-order valence-electron chi connectivity index (χ0n) is 31.5. The van der Waals surface area contributed by atoms with Gasteiger partial charge in [-0.2, -0.15) is 0 Å². The largest absolute Gasteiger partial charge is 0.450 e. The summed E-state index contributed by atoms with van der Waals surface area (Å²) in [6.07, 6.45) is 0. The molecule has 9 aromatic rings. The van der Waals surface area contributed by atoms with Crippen LogP contribution >= 0.6 is 0 Å². The lowest BCUT2D eigenvalue weighted by Gasteiger charge is -2.32. The van der Waals surface area contributed by atoms with E-state index in [0.29, 0.717) is 11.5 Å². The summed E-state index contributed by atoms with van der Waals surface area (Å²) < 4.78 is 13.3. The third-order valence-corrected chi connectivity index (χ3v) is 12.2. The molecule has 1 aliphatic heterocycles. The molecular formula is C55H35NO2. The first kappa shape index (κ1) is 32.6. The minimum absolute atomic E-state index is 0.580. The molecular weight excluding hydrogens is 707 g/mol. The Morgan fingerprint density at radius 2 is 0.759 bits per heavy atom. The van der Waals surface area contributed by atoms with Gasteiger partial charge in [0.25, 0.3) is 0 Å². The van der Waals surface area contributed by atoms with Gasteiger partial charge < -0.3 is 14.4 Å². The lowest BCUT2D eigenvalue weighted by atomic mass is 9.70. The zero-order valence-corrected chi connectivity index (χ0v) is 31.5. The van der Waals surface area contributed by atoms with E-state index in [4.69, 9.17) is 9.47 Å². The summed E-state index contributed by atoms with van der Waals surface area (Å²) in [5.41, 5.74) is 17.2. The molecule has 1 heterocycles. The van der Waals surface area contributed by atoms with E-state index in [9.17, 15) is 0 Å². The summed E-state index contributed by atoms with van der Waals surface area (Å²) in [7, 11) is 0. The average molecular weight is 742 g/mol. The number of rotatable bonds is 5. The summed E-state index contributed by atoms with van der Waals surface area (Å²) in [4.78, 5) is 2.42. The van der Waals surface area contributed by atoms with Crippen LogP contribution in [0.25, 0.3) is 44.5 Å². The summed E-state index contributed by atoms with van der Waals surface area (Å²) in [6.45, 7) is 0. The maximum absolute atomic E-state index is 6.66. The van der Waals surface area contributed by atoms with Crippen LogP contribution in [-0.2, 0) is 5.41 Å². The number of para-hydroxylation sites is 2. The Morgan fingerprint density at radius 3 is 1.31 bits per heavy atom. The minimum atomic E-state index is -0.580. The van der Waals surface area contributed by atoms with E-state index >= 15 is 0 Å². The van der Waals surface area contributed by atoms with E-state index in [0.717, 1.165) is 34.1 Å². The van der Waals surface area contributed by atoms with Gasteiger partial charge in [-0.15, -0.1) is 0 Å². The van der Waals surface area contributed by atoms with Crippen molar-refractivity contribution in [1.29, 1.82) is 0 Å². The first-order valence-corrected chi connectivity index (χ1v) is 19.8. The van der Waals surface area contributed by atoms with Gasteiger partial charge in [-0.3, -0.25) is 0 Å². The molecule has 272 valence electrons. The Kier molecular flexibility index (Phi) is 7.14. The topological polar surface area (TPSA) is 21.7 Å². The Balaban J connectivity index is 1.13. The zero-order chi connectivity index (χ0) is 38.2. The van der Waals surface area contributed by atoms with Crippen molar-refractivity contribution >= 4 is 17.1 Å². The SMILES string of the molecule is c1ccc(-c2ccc(N(c3ccc(-c4ccccc4)cc3)c3cccc4c3-c3cc5c(cc3C43c4ccccc4-c4ccccc43)Oc3ccccc3O5)cc2)cc1. The van der Waals surface area contributed by atoms with Crippen LogP contribution in [0.15, 0.2) is 212 Å². The first-order chi connectivity index (χ1) is 28.8. The number of hydrogen-bond donors (Lipinski definition) is 0. The monoisotopic (exact) mass is 741 g/mol. The predicted octanol–water partition coefficient (Wildman–Crippen LogP) is 14.7. The van der Waals surface area contributed by atoms with Crippen LogP contribution in [0.2, 0.25) is 0 Å². The first-order valence-electron chi connectivity index (χ1n) is 19.8. The summed E-state index contributed by atoms with van der Waals surface area (Å²) in [6, 6.07) is 76.1. The smallest absolute Gasteiger partial charge is 0.170 e. The summed E-state index contributed by atoms with van der Waals surface area (Å²) >= 11 is 0. The molecule has 58 heavy (non-hydrogen) atoms. The number of ether oxygens (including phenoxy) is 2. The van der Waals surface area contributed by atoms with E-state index in [1.54, 1.807) is 0 Å². The van der Waals surface area contributed by atoms with Crippen LogP contribution in [-0.4, -0.2) is 0 Å². The molecule has 0 saturated carbocycles. The highest BCUT2D eigenvalue weighted by atomic mass is 16.6. The fraction of sp³-hybridized carbons (Fsp3) is 0.0182. The Labute approximate surface area is 337 Å². The maximum Gasteiger partial charge on any atom is 0.170 e. The van der Waals surface area contributed by atoms with Crippen LogP contribution in [0, 0.1) is 0 Å². The molecule has 0 amide bonds. The van der Waals surface area contributed by atoms with Crippen LogP contribution in [0.1, 0.15) is 22.3 Å². The molecule has 0 fully saturated rings. The second-order valence-electron chi connectivity index (χ2n) is 15.2. The van der Waals surface area contributed by atoms with Crippen molar-refractivity contribution in [2.45, 2.75) is 5.41 Å². The molecule has 0 N–H and O–H groups in total. The fourth-order valence-corrected chi connectivity index (χ4v) is 9.67. The van der Waals surface area contributed by atoms with Gasteiger partial charge in [0.15, 0.2) is 23.0 Å². The molecule has 0 radical (unpaired) electrons. The highest BCUT2D eigenvalue weighted by molar-refractivity contribution is 6.02. The molecule has 3 nitrogen and oxygen atoms in total. The summed E-state index contributed by atoms with van der Waals surface area (Å²) in [5, 5.41) is 0. The van der Waals surface area contributed by atoms with Crippen LogP contribution in [0.5, 0.6) is 23.0 Å². The van der Waals surface area contributed by atoms with Gasteiger partial charge in [-0.1, -0.05) is 158 Å². The highest BCUT2D eigenvalue weighted by Crippen LogP contribution is 2.66. The third-order valence-electron chi connectivity index (χ3n) is 12.2. The Hall–Kier alpha value is -7.62. The van der Waals surface area contributed by atoms with Crippen molar-refractivity contribution in [3.05, 3.63) is 235 Å². The van der Waals surface area contributed by atoms with Crippen molar-refractivity contribution < 1.29 is 9.47 Å². The molecule has 0 aromatic heterocycles. The molecule has 3 aliphatic rings. The van der Waals surface area contributed by atoms with Gasteiger partial charge in [0.1, 0.15) is 0 Å². The maximum atomic E-state index is 6.66. The summed E-state index contributed by atoms with van der Waals surface area (Å²) in [5.74, 6) is 2.86. The van der Waals surface area contributed by atoms with E-state index in [1.807, 2.05) is 24.3 Å². The van der Waals surface area contributed by atoms with Crippen LogP contribution in [0.4, 0.5) is 17.1 Å². The minimum Gasteiger partial charge on any atom is -0.450 e. The average Bonchev–Trinajstić information content (AvgIpc) is 3.76. The van der Waals surface area contributed by atoms with Crippen molar-refractivity contribution in [3.8, 4) is 67.5 Å². The second kappa shape index (κ2) is 12.7. The molecule has 0 unspecified atom stereocenters. The van der Waals surface area contributed by atoms with E-state index < -0.39 is 5.41 Å². The van der Waals surface area contributed by atoms with E-state index in [2.05, 4.69) is 193 Å². The molecule has 0 atom stereocenters. The van der Waals surface area contributed by atoms with Crippen LogP contribution < -0.4 is 14.4 Å². The van der Waals surface area contributed by atoms with Crippen molar-refractivity contribution in [2.24, 2.45) is 0 Å². The Morgan fingerprint density at radius 1 is 0.310 bits per heavy atom. The van der Waals surface area contributed by atoms with E-state index in [1.165, 1.54) is 61.2 Å². The lowest BCUT2D eigenvalue weighted by molar-refractivity contribution is 0.359. The molecule has 1 spiro atoms. The van der Waals surface area contributed by atoms with Gasteiger partial charge in [0.2, 0.25) is 0 Å². The standard InChI is InChI=1S/C55H35NO2/c1-3-14-36(15-4-1)38-26-30-40(31-27-38)56(41-32-28-39(29-33-41)37-16-5-2-6-17-37)49-23-13-22-47-54(49)44-34-52-53(58-51-25-12-11-24-50(51)57-52)35-48(44)55(47)45-20-9-7-18-42(45)43-19-8-10-21-46(43)55/h1-35H. The molecule has 9 aromatic carbocycles. The second-order valence-corrected chi connectivity index (χ2v) is 15.2. The molecule has 12 rings (SSSR count). The molecule has 2 aliphatic carbocycles. The van der Waals surface area contributed by atoms with Gasteiger partial charge in [0, 0.05) is 16.9 Å². The normalized spacial score (nSPS) is 13.2. The van der Waals surface area contributed by atoms with Crippen molar-refractivity contribution in [2.75, 3.05) is 4.90 Å². The van der Waals surface area contributed by atoms with Gasteiger partial charge >= 0.3 is 0 Å². The van der Waals surface area contributed by atoms with Gasteiger partial charge in [-0.25, -0.2) is 0 Å². The molecule has 0 bridgehead atoms. The fourth-order valence-electron chi connectivity index (χ4n) is 9.67. The van der Waals surface area contributed by atoms with Crippen molar-refractivity contribution in [1.82, 2.24) is 0 Å². The molecule has 0 saturated heterocycles. The lowest BCUT2D eigenvalue weighted by Crippen LogP contribution is -2.26. The van der Waals surface area contributed by atoms with Crippen molar-refractivity contribution in [3.63, 3.8) is 0 Å². The highest BCUT2D eigenvalue weighted by Gasteiger charge is 2.53. The predicted molar refractivity (Wildman–Crippen MR) is 235 cm³/mol. The number of nitrogens with zero attached hydrogens (tertiary/aromatic N) is 1. The number of fused-ring (bicyclic) bond motifs is 12. The Bertz CT molecular complexity index is 2910. The van der Waals surface area contributed by atoms with Gasteiger partial charge in [0.05, 0.1) is 11.1 Å².